The molecule has 4 rings (SSSR count). The number of hydrogen-bond donors (Lipinski definition) is 2. The molecular weight excluding hydrogens is 378 g/mol. The van der Waals surface area contributed by atoms with Crippen molar-refractivity contribution >= 4 is 34.2 Å². The number of aromatic amines is 1. The summed E-state index contributed by atoms with van der Waals surface area (Å²) in [7, 11) is 0. The standard InChI is InChI=1S/C24H27N3O3/c1-16-22(20-8-4-5-9-21(20)25-16)24(29)30-17(2)23(28)26-18-10-12-19(13-11-18)27-14-6-3-7-15-27/h4-5,8-13,17,25H,3,6-7,14-15H2,1-2H3,(H,26,28). The van der Waals surface area contributed by atoms with Gasteiger partial charge in [-0.2, -0.15) is 0 Å². The summed E-state index contributed by atoms with van der Waals surface area (Å²) >= 11 is 0. The van der Waals surface area contributed by atoms with Crippen LogP contribution in [0.15, 0.2) is 48.5 Å². The first-order valence-electron chi connectivity index (χ1n) is 10.5. The quantitative estimate of drug-likeness (QED) is 0.606. The molecule has 6 heteroatoms. The second-order valence-electron chi connectivity index (χ2n) is 7.80. The summed E-state index contributed by atoms with van der Waals surface area (Å²) < 4.78 is 5.46. The Labute approximate surface area is 176 Å². The van der Waals surface area contributed by atoms with Gasteiger partial charge in [-0.3, -0.25) is 4.79 Å². The summed E-state index contributed by atoms with van der Waals surface area (Å²) in [5.74, 6) is -0.861. The fraction of sp³-hybridized carbons (Fsp3) is 0.333. The number of aromatic nitrogens is 1. The number of carbonyl (C=O) groups excluding carboxylic acids is 2. The number of piperidine rings is 1. The van der Waals surface area contributed by atoms with Crippen LogP contribution in [-0.2, 0) is 9.53 Å². The minimum absolute atomic E-state index is 0.355. The van der Waals surface area contributed by atoms with Crippen molar-refractivity contribution in [1.82, 2.24) is 4.98 Å². The Morgan fingerprint density at radius 2 is 1.73 bits per heavy atom. The SMILES string of the molecule is Cc1[nH]c2ccccc2c1C(=O)OC(C)C(=O)Nc1ccc(N2CCCCC2)cc1. The third-order valence-corrected chi connectivity index (χ3v) is 5.61. The van der Waals surface area contributed by atoms with Gasteiger partial charge in [0.2, 0.25) is 0 Å². The topological polar surface area (TPSA) is 74.4 Å². The number of amides is 1. The number of carbonyl (C=O) groups is 2. The first kappa shape index (κ1) is 20.0. The van der Waals surface area contributed by atoms with E-state index in [2.05, 4.69) is 15.2 Å². The molecule has 3 aromatic rings. The summed E-state index contributed by atoms with van der Waals surface area (Å²) in [6.45, 7) is 5.56. The van der Waals surface area contributed by atoms with E-state index >= 15 is 0 Å². The Hall–Kier alpha value is -3.28. The van der Waals surface area contributed by atoms with Gasteiger partial charge in [-0.05, 0) is 63.4 Å². The summed E-state index contributed by atoms with van der Waals surface area (Å²) in [6.07, 6.45) is 2.82. The van der Waals surface area contributed by atoms with Gasteiger partial charge in [-0.25, -0.2) is 4.79 Å². The number of aryl methyl sites for hydroxylation is 1. The number of para-hydroxylation sites is 1. The van der Waals surface area contributed by atoms with Gasteiger partial charge in [0.05, 0.1) is 5.56 Å². The molecule has 0 spiro atoms. The van der Waals surface area contributed by atoms with Crippen LogP contribution in [-0.4, -0.2) is 36.1 Å². The zero-order valence-corrected chi connectivity index (χ0v) is 17.4. The monoisotopic (exact) mass is 405 g/mol. The number of benzene rings is 2. The summed E-state index contributed by atoms with van der Waals surface area (Å²) in [6, 6.07) is 15.4. The van der Waals surface area contributed by atoms with Crippen molar-refractivity contribution in [1.29, 1.82) is 0 Å². The highest BCUT2D eigenvalue weighted by atomic mass is 16.5. The van der Waals surface area contributed by atoms with E-state index in [1.54, 1.807) is 6.92 Å². The third kappa shape index (κ3) is 4.17. The maximum Gasteiger partial charge on any atom is 0.341 e. The number of hydrogen-bond acceptors (Lipinski definition) is 4. The fourth-order valence-corrected chi connectivity index (χ4v) is 3.96. The second-order valence-corrected chi connectivity index (χ2v) is 7.80. The molecule has 1 fully saturated rings. The lowest BCUT2D eigenvalue weighted by atomic mass is 10.1. The number of rotatable bonds is 5. The van der Waals surface area contributed by atoms with E-state index in [1.807, 2.05) is 55.5 Å². The number of esters is 1. The van der Waals surface area contributed by atoms with E-state index in [-0.39, 0.29) is 5.91 Å². The molecule has 30 heavy (non-hydrogen) atoms. The van der Waals surface area contributed by atoms with Crippen molar-refractivity contribution in [2.24, 2.45) is 0 Å². The van der Waals surface area contributed by atoms with E-state index in [9.17, 15) is 9.59 Å². The van der Waals surface area contributed by atoms with Crippen molar-refractivity contribution in [2.45, 2.75) is 39.2 Å². The normalized spacial score (nSPS) is 15.1. The van der Waals surface area contributed by atoms with Crippen LogP contribution < -0.4 is 10.2 Å². The number of fused-ring (bicyclic) bond motifs is 1. The van der Waals surface area contributed by atoms with Crippen molar-refractivity contribution < 1.29 is 14.3 Å². The zero-order valence-electron chi connectivity index (χ0n) is 17.4. The van der Waals surface area contributed by atoms with Gasteiger partial charge in [-0.15, -0.1) is 0 Å². The van der Waals surface area contributed by atoms with Gasteiger partial charge >= 0.3 is 5.97 Å². The lowest BCUT2D eigenvalue weighted by Gasteiger charge is -2.28. The highest BCUT2D eigenvalue weighted by molar-refractivity contribution is 6.06. The number of nitrogens with zero attached hydrogens (tertiary/aromatic N) is 1. The van der Waals surface area contributed by atoms with Gasteiger partial charge in [0.25, 0.3) is 5.91 Å². The van der Waals surface area contributed by atoms with Crippen molar-refractivity contribution in [3.05, 3.63) is 59.8 Å². The Kier molecular flexibility index (Phi) is 5.74. The van der Waals surface area contributed by atoms with Crippen molar-refractivity contribution in [3.8, 4) is 0 Å². The van der Waals surface area contributed by atoms with E-state index in [4.69, 9.17) is 4.74 Å². The van der Waals surface area contributed by atoms with E-state index < -0.39 is 12.1 Å². The second kappa shape index (κ2) is 8.61. The molecule has 1 aromatic heterocycles. The van der Waals surface area contributed by atoms with Crippen LogP contribution in [0.25, 0.3) is 10.9 Å². The van der Waals surface area contributed by atoms with Crippen molar-refractivity contribution in [2.75, 3.05) is 23.3 Å². The number of H-pyrrole nitrogens is 1. The molecule has 1 aliphatic heterocycles. The van der Waals surface area contributed by atoms with Crippen LogP contribution in [0.3, 0.4) is 0 Å². The van der Waals surface area contributed by atoms with Gasteiger partial charge in [0.1, 0.15) is 0 Å². The Morgan fingerprint density at radius 1 is 1.03 bits per heavy atom. The molecule has 6 nitrogen and oxygen atoms in total. The number of ether oxygens (including phenoxy) is 1. The predicted octanol–water partition coefficient (Wildman–Crippen LogP) is 4.65. The average molecular weight is 405 g/mol. The van der Waals surface area contributed by atoms with Crippen LogP contribution in [0, 0.1) is 6.92 Å². The molecule has 156 valence electrons. The smallest absolute Gasteiger partial charge is 0.341 e. The van der Waals surface area contributed by atoms with Crippen LogP contribution in [0.1, 0.15) is 42.2 Å². The molecule has 1 amide bonds. The molecule has 2 heterocycles. The molecule has 1 saturated heterocycles. The maximum absolute atomic E-state index is 12.7. The molecular formula is C24H27N3O3. The molecule has 2 aromatic carbocycles. The van der Waals surface area contributed by atoms with Gasteiger partial charge in [0.15, 0.2) is 6.10 Å². The highest BCUT2D eigenvalue weighted by Crippen LogP contribution is 2.24. The zero-order chi connectivity index (χ0) is 21.1. The summed E-state index contributed by atoms with van der Waals surface area (Å²) in [5, 5.41) is 3.62. The van der Waals surface area contributed by atoms with Gasteiger partial charge in [0, 0.05) is 41.1 Å². The molecule has 1 unspecified atom stereocenters. The molecule has 1 atom stereocenters. The lowest BCUT2D eigenvalue weighted by molar-refractivity contribution is -0.123. The third-order valence-electron chi connectivity index (χ3n) is 5.61. The number of anilines is 2. The van der Waals surface area contributed by atoms with Crippen molar-refractivity contribution in [3.63, 3.8) is 0 Å². The molecule has 0 saturated carbocycles. The minimum atomic E-state index is -0.910. The Bertz CT molecular complexity index is 1050. The molecule has 1 aliphatic rings. The number of nitrogens with one attached hydrogen (secondary N) is 2. The van der Waals surface area contributed by atoms with E-state index in [0.29, 0.717) is 11.3 Å². The van der Waals surface area contributed by atoms with Crippen LogP contribution in [0.4, 0.5) is 11.4 Å². The maximum atomic E-state index is 12.7. The van der Waals surface area contributed by atoms with Crippen LogP contribution in [0.2, 0.25) is 0 Å². The predicted molar refractivity (Wildman–Crippen MR) is 119 cm³/mol. The Morgan fingerprint density at radius 3 is 2.47 bits per heavy atom. The molecule has 0 aliphatic carbocycles. The van der Waals surface area contributed by atoms with Crippen LogP contribution >= 0.6 is 0 Å². The summed E-state index contributed by atoms with van der Waals surface area (Å²) in [4.78, 5) is 30.8. The lowest BCUT2D eigenvalue weighted by Crippen LogP contribution is -2.30. The largest absolute Gasteiger partial charge is 0.449 e. The van der Waals surface area contributed by atoms with E-state index in [1.165, 1.54) is 24.9 Å². The van der Waals surface area contributed by atoms with Gasteiger partial charge < -0.3 is 19.9 Å². The highest BCUT2D eigenvalue weighted by Gasteiger charge is 2.23. The Balaban J connectivity index is 1.38. The van der Waals surface area contributed by atoms with Gasteiger partial charge in [-0.1, -0.05) is 18.2 Å². The summed E-state index contributed by atoms with van der Waals surface area (Å²) in [5.41, 5.74) is 3.92. The first-order valence-corrected chi connectivity index (χ1v) is 10.5. The molecule has 0 bridgehead atoms. The molecule has 0 radical (unpaired) electrons. The minimum Gasteiger partial charge on any atom is -0.449 e. The fourth-order valence-electron chi connectivity index (χ4n) is 3.96. The van der Waals surface area contributed by atoms with Crippen LogP contribution in [0.5, 0.6) is 0 Å². The van der Waals surface area contributed by atoms with E-state index in [0.717, 1.165) is 29.7 Å². The average Bonchev–Trinajstić information content (AvgIpc) is 3.10. The first-order chi connectivity index (χ1) is 14.5. The molecule has 2 N–H and O–H groups in total.